The van der Waals surface area contributed by atoms with Crippen molar-refractivity contribution in [3.8, 4) is 11.5 Å². The summed E-state index contributed by atoms with van der Waals surface area (Å²) in [5.41, 5.74) is 1.03. The molecule has 2 aromatic rings. The van der Waals surface area contributed by atoms with Gasteiger partial charge in [-0.1, -0.05) is 0 Å². The van der Waals surface area contributed by atoms with E-state index >= 15 is 0 Å². The molecular weight excluding hydrogens is 245 g/mol. The predicted octanol–water partition coefficient (Wildman–Crippen LogP) is 1.62. The number of nitrogens with zero attached hydrogens (tertiary/aromatic N) is 1. The fourth-order valence-corrected chi connectivity index (χ4v) is 3.13. The number of hydrogen-bond donors (Lipinski definition) is 0. The Bertz CT molecular complexity index is 423. The van der Waals surface area contributed by atoms with Crippen LogP contribution in [0.25, 0.3) is 9.78 Å². The zero-order valence-corrected chi connectivity index (χ0v) is 10.0. The maximum absolute atomic E-state index is 5.23. The summed E-state index contributed by atoms with van der Waals surface area (Å²) in [5, 5.41) is 0. The summed E-state index contributed by atoms with van der Waals surface area (Å²) >= 11 is 0.356. The molecule has 14 heavy (non-hydrogen) atoms. The Morgan fingerprint density at radius 2 is 1.79 bits per heavy atom. The molecule has 74 valence electrons. The average Bonchev–Trinajstić information content (AvgIpc) is 2.54. The number of hydrogen-bond acceptors (Lipinski definition) is 3. The Balaban J connectivity index is 2.68. The third-order valence-corrected chi connectivity index (χ3v) is 3.96. The minimum absolute atomic E-state index is 0.356. The van der Waals surface area contributed by atoms with Gasteiger partial charge in [-0.2, -0.15) is 0 Å². The van der Waals surface area contributed by atoms with Crippen molar-refractivity contribution >= 4 is 24.3 Å². The molecule has 1 aromatic heterocycles. The van der Waals surface area contributed by atoms with Crippen LogP contribution in [-0.4, -0.2) is 33.7 Å². The van der Waals surface area contributed by atoms with Gasteiger partial charge < -0.3 is 0 Å². The quantitative estimate of drug-likeness (QED) is 0.765. The van der Waals surface area contributed by atoms with Crippen LogP contribution in [0.4, 0.5) is 0 Å². The van der Waals surface area contributed by atoms with E-state index in [1.807, 2.05) is 12.1 Å². The van der Waals surface area contributed by atoms with Crippen molar-refractivity contribution in [3.05, 3.63) is 16.7 Å². The van der Waals surface area contributed by atoms with Crippen LogP contribution >= 0.6 is 0 Å². The van der Waals surface area contributed by atoms with E-state index in [4.69, 9.17) is 9.47 Å². The van der Waals surface area contributed by atoms with Crippen molar-refractivity contribution in [1.82, 2.24) is 4.98 Å². The molecule has 0 aliphatic heterocycles. The van der Waals surface area contributed by atoms with E-state index in [-0.39, 0.29) is 0 Å². The summed E-state index contributed by atoms with van der Waals surface area (Å²) in [6.45, 7) is 2.05. The summed E-state index contributed by atoms with van der Waals surface area (Å²) < 4.78 is 12.9. The third kappa shape index (κ3) is 1.51. The van der Waals surface area contributed by atoms with Gasteiger partial charge in [-0.25, -0.2) is 0 Å². The molecule has 1 heterocycles. The topological polar surface area (TPSA) is 31.4 Å². The van der Waals surface area contributed by atoms with Crippen molar-refractivity contribution in [1.29, 1.82) is 0 Å². The molecule has 0 spiro atoms. The Morgan fingerprint density at radius 3 is 2.43 bits per heavy atom. The second kappa shape index (κ2) is 3.64. The first-order valence-electron chi connectivity index (χ1n) is 4.23. The Hall–Kier alpha value is -0.991. The van der Waals surface area contributed by atoms with Gasteiger partial charge in [0.25, 0.3) is 0 Å². The van der Waals surface area contributed by atoms with E-state index in [0.717, 1.165) is 17.0 Å². The minimum atomic E-state index is 0.356. The maximum atomic E-state index is 5.23. The molecule has 0 amide bonds. The third-order valence-electron chi connectivity index (χ3n) is 2.00. The van der Waals surface area contributed by atoms with Gasteiger partial charge in [-0.3, -0.25) is 0 Å². The number of fused-ring (bicyclic) bond motifs is 1. The first-order chi connectivity index (χ1) is 6.74. The molecule has 0 atom stereocenters. The molecule has 0 bridgehead atoms. The van der Waals surface area contributed by atoms with E-state index < -0.39 is 0 Å². The first-order valence-corrected chi connectivity index (χ1v) is 5.95. The average molecular weight is 256 g/mol. The molecule has 0 saturated heterocycles. The van der Waals surface area contributed by atoms with E-state index in [1.165, 1.54) is 8.83 Å². The zero-order chi connectivity index (χ0) is 10.1. The van der Waals surface area contributed by atoms with E-state index in [1.54, 1.807) is 14.2 Å². The molecule has 3 nitrogen and oxygen atoms in total. The first kappa shape index (κ1) is 9.56. The summed E-state index contributed by atoms with van der Waals surface area (Å²) in [6.07, 6.45) is 0. The standard InChI is InChI=1S/C10H11NO2Se/c1-6-11-7-4-8(12-2)9(13-3)5-10(7)14-6/h4-5H,1-3H3. The molecule has 0 aliphatic rings. The summed E-state index contributed by atoms with van der Waals surface area (Å²) in [4.78, 5) is 4.44. The summed E-state index contributed by atoms with van der Waals surface area (Å²) in [5.74, 6) is 1.54. The molecule has 2 rings (SSSR count). The van der Waals surface area contributed by atoms with Crippen molar-refractivity contribution in [3.63, 3.8) is 0 Å². The molecule has 0 radical (unpaired) electrons. The van der Waals surface area contributed by atoms with Gasteiger partial charge in [-0.05, 0) is 0 Å². The van der Waals surface area contributed by atoms with E-state index in [9.17, 15) is 0 Å². The molecule has 0 N–H and O–H groups in total. The van der Waals surface area contributed by atoms with Gasteiger partial charge in [0.2, 0.25) is 0 Å². The molecule has 0 fully saturated rings. The molecule has 1 aromatic carbocycles. The molecular formula is C10H11NO2Se. The van der Waals surface area contributed by atoms with Crippen LogP contribution in [0.2, 0.25) is 0 Å². The van der Waals surface area contributed by atoms with E-state index in [0.29, 0.717) is 14.5 Å². The fraction of sp³-hybridized carbons (Fsp3) is 0.300. The Labute approximate surface area is 88.4 Å². The monoisotopic (exact) mass is 257 g/mol. The van der Waals surface area contributed by atoms with Crippen LogP contribution in [0.1, 0.15) is 4.57 Å². The van der Waals surface area contributed by atoms with E-state index in [2.05, 4.69) is 11.9 Å². The Morgan fingerprint density at radius 1 is 1.14 bits per heavy atom. The molecule has 0 unspecified atom stereocenters. The van der Waals surface area contributed by atoms with Crippen LogP contribution in [-0.2, 0) is 0 Å². The van der Waals surface area contributed by atoms with Crippen LogP contribution in [0.3, 0.4) is 0 Å². The summed E-state index contributed by atoms with van der Waals surface area (Å²) in [7, 11) is 3.29. The molecule has 0 saturated carbocycles. The second-order valence-electron chi connectivity index (χ2n) is 2.91. The second-order valence-corrected chi connectivity index (χ2v) is 5.50. The summed E-state index contributed by atoms with van der Waals surface area (Å²) in [6, 6.07) is 3.96. The zero-order valence-electron chi connectivity index (χ0n) is 8.33. The number of methoxy groups -OCH3 is 2. The van der Waals surface area contributed by atoms with Crippen LogP contribution in [0.15, 0.2) is 12.1 Å². The number of rotatable bonds is 2. The SMILES string of the molecule is COc1cc2nc(C)[se]c2cc1OC. The molecule has 4 heteroatoms. The molecule has 0 aliphatic carbocycles. The fourth-order valence-electron chi connectivity index (χ4n) is 1.37. The van der Waals surface area contributed by atoms with Gasteiger partial charge in [0.05, 0.1) is 0 Å². The number of aryl methyl sites for hydroxylation is 1. The van der Waals surface area contributed by atoms with Gasteiger partial charge in [0.1, 0.15) is 0 Å². The van der Waals surface area contributed by atoms with Crippen LogP contribution in [0.5, 0.6) is 11.5 Å². The normalized spacial score (nSPS) is 10.5. The van der Waals surface area contributed by atoms with Gasteiger partial charge in [0.15, 0.2) is 0 Å². The van der Waals surface area contributed by atoms with Gasteiger partial charge >= 0.3 is 88.1 Å². The van der Waals surface area contributed by atoms with Gasteiger partial charge in [0, 0.05) is 0 Å². The predicted molar refractivity (Wildman–Crippen MR) is 56.5 cm³/mol. The van der Waals surface area contributed by atoms with Crippen molar-refractivity contribution in [2.24, 2.45) is 0 Å². The van der Waals surface area contributed by atoms with Crippen molar-refractivity contribution in [2.75, 3.05) is 14.2 Å². The number of aromatic nitrogens is 1. The number of ether oxygens (including phenoxy) is 2. The van der Waals surface area contributed by atoms with Crippen LogP contribution in [0, 0.1) is 6.92 Å². The van der Waals surface area contributed by atoms with Crippen molar-refractivity contribution in [2.45, 2.75) is 6.92 Å². The number of benzene rings is 1. The van der Waals surface area contributed by atoms with Crippen molar-refractivity contribution < 1.29 is 9.47 Å². The van der Waals surface area contributed by atoms with Crippen LogP contribution < -0.4 is 9.47 Å². The Kier molecular flexibility index (Phi) is 2.48. The van der Waals surface area contributed by atoms with Gasteiger partial charge in [-0.15, -0.1) is 0 Å².